The molecule has 5 nitrogen and oxygen atoms in total. The Kier molecular flexibility index (Phi) is 5.48. The number of aliphatic carboxylic acids is 1. The molecule has 0 amide bonds. The molecule has 2 heterocycles. The first kappa shape index (κ1) is 16.5. The Morgan fingerprint density at radius 2 is 2.14 bits per heavy atom. The Labute approximate surface area is 134 Å². The summed E-state index contributed by atoms with van der Waals surface area (Å²) >= 11 is 2.74. The largest absolute Gasteiger partial charge is 0.481 e. The second kappa shape index (κ2) is 6.96. The van der Waals surface area contributed by atoms with Gasteiger partial charge in [0.2, 0.25) is 5.13 Å². The molecule has 1 saturated heterocycles. The number of carbonyl (C=O) groups is 1. The predicted molar refractivity (Wildman–Crippen MR) is 87.3 cm³/mol. The lowest BCUT2D eigenvalue weighted by Gasteiger charge is -2.29. The molecule has 1 aliphatic heterocycles. The number of thioether (sulfide) groups is 1. The number of anilines is 1. The van der Waals surface area contributed by atoms with E-state index < -0.39 is 5.97 Å². The van der Waals surface area contributed by atoms with Gasteiger partial charge in [-0.15, -0.1) is 10.2 Å². The molecule has 1 unspecified atom stereocenters. The fourth-order valence-electron chi connectivity index (χ4n) is 2.67. The van der Waals surface area contributed by atoms with Gasteiger partial charge in [0.15, 0.2) is 4.34 Å². The Morgan fingerprint density at radius 1 is 1.38 bits per heavy atom. The van der Waals surface area contributed by atoms with E-state index in [2.05, 4.69) is 35.9 Å². The molecule has 0 saturated carbocycles. The Bertz CT molecular complexity index is 485. The molecule has 1 fully saturated rings. The molecule has 1 aromatic heterocycles. The van der Waals surface area contributed by atoms with Crippen LogP contribution in [0.15, 0.2) is 4.34 Å². The van der Waals surface area contributed by atoms with Crippen LogP contribution < -0.4 is 4.90 Å². The second-order valence-electron chi connectivity index (χ2n) is 6.51. The van der Waals surface area contributed by atoms with Crippen molar-refractivity contribution in [1.29, 1.82) is 0 Å². The summed E-state index contributed by atoms with van der Waals surface area (Å²) in [5.74, 6) is -0.0309. The predicted octanol–water partition coefficient (Wildman–Crippen LogP) is 3.37. The summed E-state index contributed by atoms with van der Waals surface area (Å²) in [6.45, 7) is 8.99. The summed E-state index contributed by atoms with van der Waals surface area (Å²) < 4.78 is 0.740. The maximum Gasteiger partial charge on any atom is 0.313 e. The van der Waals surface area contributed by atoms with E-state index in [4.69, 9.17) is 5.11 Å². The van der Waals surface area contributed by atoms with E-state index in [1.807, 2.05) is 0 Å². The van der Waals surface area contributed by atoms with E-state index >= 15 is 0 Å². The zero-order valence-corrected chi connectivity index (χ0v) is 14.5. The van der Waals surface area contributed by atoms with Gasteiger partial charge in [0, 0.05) is 13.1 Å². The highest BCUT2D eigenvalue weighted by molar-refractivity contribution is 8.01. The summed E-state index contributed by atoms with van der Waals surface area (Å²) in [6.07, 6.45) is 3.62. The number of hydrogen-bond donors (Lipinski definition) is 1. The minimum absolute atomic E-state index is 0.0424. The topological polar surface area (TPSA) is 66.3 Å². The van der Waals surface area contributed by atoms with E-state index in [-0.39, 0.29) is 5.75 Å². The van der Waals surface area contributed by atoms with Crippen LogP contribution in [0, 0.1) is 11.3 Å². The van der Waals surface area contributed by atoms with Crippen molar-refractivity contribution < 1.29 is 9.90 Å². The van der Waals surface area contributed by atoms with Crippen LogP contribution in [0.4, 0.5) is 5.13 Å². The Morgan fingerprint density at radius 3 is 2.81 bits per heavy atom. The zero-order chi connectivity index (χ0) is 15.5. The maximum absolute atomic E-state index is 10.6. The number of aromatic nitrogens is 2. The summed E-state index contributed by atoms with van der Waals surface area (Å²) in [5.41, 5.74) is 0.361. The van der Waals surface area contributed by atoms with Crippen molar-refractivity contribution in [3.8, 4) is 0 Å². The van der Waals surface area contributed by atoms with Gasteiger partial charge in [-0.3, -0.25) is 4.79 Å². The van der Waals surface area contributed by atoms with Crippen LogP contribution >= 0.6 is 23.1 Å². The summed E-state index contributed by atoms with van der Waals surface area (Å²) in [5, 5.41) is 17.9. The third-order valence-electron chi connectivity index (χ3n) is 3.94. The van der Waals surface area contributed by atoms with E-state index in [0.717, 1.165) is 28.5 Å². The van der Waals surface area contributed by atoms with Crippen LogP contribution in [0.1, 0.15) is 40.0 Å². The van der Waals surface area contributed by atoms with Crippen LogP contribution in [0.5, 0.6) is 0 Å². The lowest BCUT2D eigenvalue weighted by molar-refractivity contribution is -0.133. The monoisotopic (exact) mass is 329 g/mol. The number of rotatable bonds is 4. The molecule has 118 valence electrons. The average Bonchev–Trinajstić information content (AvgIpc) is 2.70. The minimum atomic E-state index is -0.820. The molecule has 1 aromatic rings. The fourth-order valence-corrected chi connectivity index (χ4v) is 4.28. The number of hydrogen-bond acceptors (Lipinski definition) is 6. The highest BCUT2D eigenvalue weighted by atomic mass is 32.2. The van der Waals surface area contributed by atoms with Crippen molar-refractivity contribution >= 4 is 34.2 Å². The van der Waals surface area contributed by atoms with Gasteiger partial charge in [0.05, 0.1) is 5.75 Å². The number of carboxylic acid groups (broad SMARTS) is 1. The SMILES string of the molecule is CC(C)(C)C1CCCN(c2nnc(SCC(=O)O)s2)CC1. The third kappa shape index (κ3) is 4.85. The molecule has 0 aromatic carbocycles. The van der Waals surface area contributed by atoms with Crippen molar-refractivity contribution in [1.82, 2.24) is 10.2 Å². The highest BCUT2D eigenvalue weighted by Crippen LogP contribution is 2.36. The van der Waals surface area contributed by atoms with Crippen LogP contribution in [0.25, 0.3) is 0 Å². The van der Waals surface area contributed by atoms with Crippen LogP contribution in [0.2, 0.25) is 0 Å². The average molecular weight is 329 g/mol. The smallest absolute Gasteiger partial charge is 0.313 e. The number of nitrogens with zero attached hydrogens (tertiary/aromatic N) is 3. The molecule has 2 rings (SSSR count). The molecular formula is C14H23N3O2S2. The first-order valence-corrected chi connectivity index (χ1v) is 9.09. The van der Waals surface area contributed by atoms with Crippen molar-refractivity contribution in [3.05, 3.63) is 0 Å². The molecule has 0 spiro atoms. The van der Waals surface area contributed by atoms with Gasteiger partial charge < -0.3 is 10.0 Å². The van der Waals surface area contributed by atoms with Gasteiger partial charge >= 0.3 is 5.97 Å². The quantitative estimate of drug-likeness (QED) is 0.854. The van der Waals surface area contributed by atoms with Crippen molar-refractivity contribution in [2.24, 2.45) is 11.3 Å². The van der Waals surface area contributed by atoms with Crippen LogP contribution in [0.3, 0.4) is 0 Å². The molecule has 1 aliphatic rings. The van der Waals surface area contributed by atoms with Gasteiger partial charge in [-0.05, 0) is 30.6 Å². The first-order valence-electron chi connectivity index (χ1n) is 7.29. The fraction of sp³-hybridized carbons (Fsp3) is 0.786. The van der Waals surface area contributed by atoms with E-state index in [1.54, 1.807) is 0 Å². The van der Waals surface area contributed by atoms with Gasteiger partial charge in [-0.25, -0.2) is 0 Å². The molecule has 1 N–H and O–H groups in total. The van der Waals surface area contributed by atoms with Crippen molar-refractivity contribution in [2.45, 2.75) is 44.4 Å². The zero-order valence-electron chi connectivity index (χ0n) is 12.8. The second-order valence-corrected chi connectivity index (χ2v) is 8.69. The molecule has 0 radical (unpaired) electrons. The highest BCUT2D eigenvalue weighted by Gasteiger charge is 2.28. The molecule has 0 aliphatic carbocycles. The third-order valence-corrected chi connectivity index (χ3v) is 6.04. The van der Waals surface area contributed by atoms with Gasteiger partial charge in [0.25, 0.3) is 0 Å². The first-order chi connectivity index (χ1) is 9.86. The summed E-state index contributed by atoms with van der Waals surface area (Å²) in [6, 6.07) is 0. The molecule has 0 bridgehead atoms. The standard InChI is InChI=1S/C14H23N3O2S2/c1-14(2,3)10-5-4-7-17(8-6-10)12-15-16-13(21-12)20-9-11(18)19/h10H,4-9H2,1-3H3,(H,18,19). The minimum Gasteiger partial charge on any atom is -0.481 e. The lowest BCUT2D eigenvalue weighted by Crippen LogP contribution is -2.25. The normalized spacial score (nSPS) is 20.3. The molecular weight excluding hydrogens is 306 g/mol. The Hall–Kier alpha value is -0.820. The maximum atomic E-state index is 10.6. The van der Waals surface area contributed by atoms with Gasteiger partial charge in [-0.1, -0.05) is 43.9 Å². The molecule has 7 heteroatoms. The Balaban J connectivity index is 1.95. The van der Waals surface area contributed by atoms with E-state index in [1.165, 1.54) is 42.4 Å². The molecule has 1 atom stereocenters. The van der Waals surface area contributed by atoms with E-state index in [0.29, 0.717) is 5.41 Å². The number of carboxylic acids is 1. The summed E-state index contributed by atoms with van der Waals surface area (Å²) in [4.78, 5) is 12.9. The van der Waals surface area contributed by atoms with Crippen molar-refractivity contribution in [2.75, 3.05) is 23.7 Å². The van der Waals surface area contributed by atoms with Gasteiger partial charge in [0.1, 0.15) is 0 Å². The molecule has 21 heavy (non-hydrogen) atoms. The van der Waals surface area contributed by atoms with Crippen LogP contribution in [-0.2, 0) is 4.79 Å². The van der Waals surface area contributed by atoms with Crippen molar-refractivity contribution in [3.63, 3.8) is 0 Å². The van der Waals surface area contributed by atoms with Gasteiger partial charge in [-0.2, -0.15) is 0 Å². The van der Waals surface area contributed by atoms with E-state index in [9.17, 15) is 4.79 Å². The van der Waals surface area contributed by atoms with Crippen LogP contribution in [-0.4, -0.2) is 40.1 Å². The lowest BCUT2D eigenvalue weighted by atomic mass is 9.77. The summed E-state index contributed by atoms with van der Waals surface area (Å²) in [7, 11) is 0.